The predicted molar refractivity (Wildman–Crippen MR) is 119 cm³/mol. The molecule has 2 N–H and O–H groups in total. The van der Waals surface area contributed by atoms with Gasteiger partial charge in [0, 0.05) is 23.7 Å². The summed E-state index contributed by atoms with van der Waals surface area (Å²) in [6.45, 7) is 3.66. The third-order valence-electron chi connectivity index (χ3n) is 9.52. The van der Waals surface area contributed by atoms with Crippen LogP contribution in [0.4, 0.5) is 0 Å². The van der Waals surface area contributed by atoms with Gasteiger partial charge < -0.3 is 14.9 Å². The number of allylic oxidation sites excluding steroid dienone is 1. The molecule has 3 heterocycles. The lowest BCUT2D eigenvalue weighted by molar-refractivity contribution is -0.201. The molecule has 1 aromatic carbocycles. The van der Waals surface area contributed by atoms with Crippen LogP contribution in [0.5, 0.6) is 11.5 Å². The maximum Gasteiger partial charge on any atom is 0.256 e. The van der Waals surface area contributed by atoms with Crippen LogP contribution in [0.3, 0.4) is 0 Å². The Morgan fingerprint density at radius 2 is 2.03 bits per heavy atom. The monoisotopic (exact) mass is 450 g/mol. The first-order valence-electron chi connectivity index (χ1n) is 12.4. The number of ether oxygens (including phenoxy) is 1. The normalized spacial score (nSPS) is 40.4. The van der Waals surface area contributed by atoms with Crippen molar-refractivity contribution in [3.63, 3.8) is 0 Å². The van der Waals surface area contributed by atoms with E-state index in [1.807, 2.05) is 6.07 Å². The van der Waals surface area contributed by atoms with E-state index in [0.29, 0.717) is 30.6 Å². The van der Waals surface area contributed by atoms with E-state index in [0.717, 1.165) is 36.6 Å². The van der Waals surface area contributed by atoms with Gasteiger partial charge in [0.1, 0.15) is 6.10 Å². The molecule has 4 fully saturated rings. The van der Waals surface area contributed by atoms with Crippen molar-refractivity contribution in [1.82, 2.24) is 9.80 Å². The Morgan fingerprint density at radius 1 is 1.21 bits per heavy atom. The van der Waals surface area contributed by atoms with Crippen LogP contribution in [-0.2, 0) is 21.4 Å². The molecule has 2 saturated carbocycles. The predicted octanol–water partition coefficient (Wildman–Crippen LogP) is 2.03. The van der Waals surface area contributed by atoms with E-state index >= 15 is 0 Å². The minimum atomic E-state index is -1.01. The number of aliphatic hydroxyl groups is 1. The van der Waals surface area contributed by atoms with Gasteiger partial charge in [0.05, 0.1) is 23.5 Å². The number of carbonyl (C=O) groups excluding carboxylic acids is 2. The molecular weight excluding hydrogens is 420 g/mol. The highest BCUT2D eigenvalue weighted by atomic mass is 16.5. The topological polar surface area (TPSA) is 90.3 Å². The van der Waals surface area contributed by atoms with Crippen molar-refractivity contribution in [2.75, 3.05) is 13.1 Å². The fourth-order valence-corrected chi connectivity index (χ4v) is 7.87. The number of hydrogen-bond acceptors (Lipinski definition) is 6. The maximum atomic E-state index is 13.1. The zero-order valence-corrected chi connectivity index (χ0v) is 18.9. The van der Waals surface area contributed by atoms with Crippen LogP contribution >= 0.6 is 0 Å². The Morgan fingerprint density at radius 3 is 2.76 bits per heavy atom. The first-order chi connectivity index (χ1) is 15.9. The number of imide groups is 1. The molecular formula is C26H30N2O5. The number of benzene rings is 1. The van der Waals surface area contributed by atoms with Gasteiger partial charge in [-0.15, -0.1) is 0 Å². The fraction of sp³-hybridized carbons (Fsp3) is 0.615. The summed E-state index contributed by atoms with van der Waals surface area (Å²) in [5.41, 5.74) is 0.837. The summed E-state index contributed by atoms with van der Waals surface area (Å²) in [5, 5.41) is 23.2. The highest BCUT2D eigenvalue weighted by Gasteiger charge is 2.74. The van der Waals surface area contributed by atoms with Gasteiger partial charge in [-0.05, 0) is 69.5 Å². The number of phenolic OH excluding ortho intramolecular Hbond substituents is 1. The minimum absolute atomic E-state index is 0.0158. The second kappa shape index (κ2) is 6.39. The standard InChI is InChI=1S/C26H30N2O5/c1-2-15-12-20(30)28(24(15)31)17-7-8-26(32)19-11-16-5-6-18(29)22-21(16)25(26,23(17)33-22)9-10-27(19)13-14-3-4-14/h2,5-6,14,17,19,23,29,32H,3-4,7-13H2,1H3/b15-2-/t17-,19-,23+,25+,26-/m1/s1. The summed E-state index contributed by atoms with van der Waals surface area (Å²) in [6.07, 6.45) is 6.28. The van der Waals surface area contributed by atoms with E-state index in [1.165, 1.54) is 17.7 Å². The molecule has 1 spiro atoms. The Bertz CT molecular complexity index is 1130. The molecule has 1 aromatic rings. The maximum absolute atomic E-state index is 13.1. The average molecular weight is 451 g/mol. The average Bonchev–Trinajstić information content (AvgIpc) is 3.46. The Kier molecular flexibility index (Phi) is 3.88. The first kappa shape index (κ1) is 20.0. The summed E-state index contributed by atoms with van der Waals surface area (Å²) in [6, 6.07) is 3.20. The summed E-state index contributed by atoms with van der Waals surface area (Å²) in [5.74, 6) is 0.817. The smallest absolute Gasteiger partial charge is 0.256 e. The molecule has 33 heavy (non-hydrogen) atoms. The molecule has 7 nitrogen and oxygen atoms in total. The molecule has 2 saturated heterocycles. The first-order valence-corrected chi connectivity index (χ1v) is 12.4. The third kappa shape index (κ3) is 2.32. The highest BCUT2D eigenvalue weighted by molar-refractivity contribution is 6.13. The second-order valence-electron chi connectivity index (χ2n) is 11.0. The number of rotatable bonds is 3. The van der Waals surface area contributed by atoms with Crippen molar-refractivity contribution in [2.24, 2.45) is 5.92 Å². The van der Waals surface area contributed by atoms with E-state index in [9.17, 15) is 19.8 Å². The molecule has 0 aromatic heterocycles. The fourth-order valence-electron chi connectivity index (χ4n) is 7.87. The van der Waals surface area contributed by atoms with Gasteiger partial charge in [0.25, 0.3) is 5.91 Å². The molecule has 3 aliphatic heterocycles. The van der Waals surface area contributed by atoms with Crippen LogP contribution in [0.25, 0.3) is 0 Å². The van der Waals surface area contributed by atoms with Crippen LogP contribution < -0.4 is 4.74 Å². The molecule has 3 aliphatic carbocycles. The lowest BCUT2D eigenvalue weighted by atomic mass is 9.48. The second-order valence-corrected chi connectivity index (χ2v) is 11.0. The summed E-state index contributed by atoms with van der Waals surface area (Å²) < 4.78 is 6.50. The van der Waals surface area contributed by atoms with E-state index in [-0.39, 0.29) is 30.0 Å². The Labute approximate surface area is 193 Å². The van der Waals surface area contributed by atoms with Crippen LogP contribution in [0.1, 0.15) is 56.6 Å². The van der Waals surface area contributed by atoms with Crippen LogP contribution in [-0.4, -0.2) is 68.7 Å². The van der Waals surface area contributed by atoms with Gasteiger partial charge in [-0.25, -0.2) is 0 Å². The van der Waals surface area contributed by atoms with Gasteiger partial charge in [-0.2, -0.15) is 0 Å². The van der Waals surface area contributed by atoms with Crippen LogP contribution in [0.15, 0.2) is 23.8 Å². The number of hydrogen-bond donors (Lipinski definition) is 2. The Balaban J connectivity index is 1.38. The molecule has 2 bridgehead atoms. The summed E-state index contributed by atoms with van der Waals surface area (Å²) >= 11 is 0. The van der Waals surface area contributed by atoms with Crippen molar-refractivity contribution < 1.29 is 24.5 Å². The van der Waals surface area contributed by atoms with E-state index in [4.69, 9.17) is 4.74 Å². The van der Waals surface area contributed by atoms with Crippen molar-refractivity contribution in [3.05, 3.63) is 34.9 Å². The highest BCUT2D eigenvalue weighted by Crippen LogP contribution is 2.66. The molecule has 174 valence electrons. The number of carbonyl (C=O) groups is 2. The SMILES string of the molecule is C/C=C1/CC(=O)N([C@@H]2CC[C@@]3(O)[C@H]4Cc5ccc(O)c6c5[C@@]3(CCN4CC3CC3)[C@H]2O6)C1=O. The number of phenols is 1. The number of nitrogens with zero attached hydrogens (tertiary/aromatic N) is 2. The lowest BCUT2D eigenvalue weighted by Crippen LogP contribution is -2.78. The van der Waals surface area contributed by atoms with Crippen molar-refractivity contribution >= 4 is 11.8 Å². The van der Waals surface area contributed by atoms with Gasteiger partial charge in [-0.3, -0.25) is 19.4 Å². The van der Waals surface area contributed by atoms with Crippen LogP contribution in [0.2, 0.25) is 0 Å². The number of piperidine rings is 1. The van der Waals surface area contributed by atoms with Crippen molar-refractivity contribution in [3.8, 4) is 11.5 Å². The van der Waals surface area contributed by atoms with Gasteiger partial charge >= 0.3 is 0 Å². The molecule has 0 radical (unpaired) electrons. The largest absolute Gasteiger partial charge is 0.504 e. The van der Waals surface area contributed by atoms with Crippen LogP contribution in [0, 0.1) is 5.92 Å². The number of likely N-dealkylation sites (tertiary alicyclic amines) is 2. The van der Waals surface area contributed by atoms with Gasteiger partial charge in [0.15, 0.2) is 11.5 Å². The molecule has 7 rings (SSSR count). The van der Waals surface area contributed by atoms with Crippen molar-refractivity contribution in [2.45, 2.75) is 81.1 Å². The van der Waals surface area contributed by atoms with E-state index in [1.54, 1.807) is 19.1 Å². The summed E-state index contributed by atoms with van der Waals surface area (Å²) in [7, 11) is 0. The summed E-state index contributed by atoms with van der Waals surface area (Å²) in [4.78, 5) is 30.0. The number of amides is 2. The zero-order valence-electron chi connectivity index (χ0n) is 18.9. The van der Waals surface area contributed by atoms with E-state index < -0.39 is 23.2 Å². The quantitative estimate of drug-likeness (QED) is 0.541. The molecule has 6 aliphatic rings. The Hall–Kier alpha value is -2.38. The van der Waals surface area contributed by atoms with Gasteiger partial charge in [0.2, 0.25) is 5.91 Å². The van der Waals surface area contributed by atoms with Crippen molar-refractivity contribution in [1.29, 1.82) is 0 Å². The molecule has 7 heteroatoms. The zero-order chi connectivity index (χ0) is 22.7. The van der Waals surface area contributed by atoms with E-state index in [2.05, 4.69) is 4.90 Å². The number of aromatic hydroxyl groups is 1. The minimum Gasteiger partial charge on any atom is -0.504 e. The van der Waals surface area contributed by atoms with Gasteiger partial charge in [-0.1, -0.05) is 12.1 Å². The third-order valence-corrected chi connectivity index (χ3v) is 9.52. The molecule has 5 atom stereocenters. The molecule has 2 amide bonds. The molecule has 0 unspecified atom stereocenters. The lowest BCUT2D eigenvalue weighted by Gasteiger charge is -2.64.